The first-order valence-electron chi connectivity index (χ1n) is 8.05. The number of likely N-dealkylation sites (N-methyl/N-ethyl adjacent to an activating group) is 1. The van der Waals surface area contributed by atoms with Crippen LogP contribution in [0.5, 0.6) is 0 Å². The topological polar surface area (TPSA) is 49.4 Å². The van der Waals surface area contributed by atoms with E-state index in [9.17, 15) is 9.59 Å². The molecule has 2 amide bonds. The number of benzene rings is 2. The van der Waals surface area contributed by atoms with Gasteiger partial charge in [-0.05, 0) is 42.8 Å². The monoisotopic (exact) mass is 410 g/mol. The first kappa shape index (κ1) is 20.6. The molecule has 4 nitrogen and oxygen atoms in total. The number of halogens is 2. The predicted molar refractivity (Wildman–Crippen MR) is 108 cm³/mol. The van der Waals surface area contributed by atoms with Gasteiger partial charge in [-0.2, -0.15) is 0 Å². The van der Waals surface area contributed by atoms with Crippen molar-refractivity contribution in [2.45, 2.75) is 24.4 Å². The van der Waals surface area contributed by atoms with Gasteiger partial charge in [0.1, 0.15) is 6.04 Å². The van der Waals surface area contributed by atoms with Crippen molar-refractivity contribution in [3.8, 4) is 0 Å². The number of carbonyl (C=O) groups excluding carboxylic acids is 2. The number of nitrogens with zero attached hydrogens (tertiary/aromatic N) is 1. The molecule has 2 aromatic rings. The van der Waals surface area contributed by atoms with E-state index in [0.717, 1.165) is 10.5 Å². The number of rotatable bonds is 7. The zero-order chi connectivity index (χ0) is 19.1. The van der Waals surface area contributed by atoms with Crippen molar-refractivity contribution >= 4 is 46.8 Å². The molecule has 1 N–H and O–H groups in total. The van der Waals surface area contributed by atoms with Gasteiger partial charge in [-0.25, -0.2) is 0 Å². The van der Waals surface area contributed by atoms with Gasteiger partial charge in [-0.3, -0.25) is 9.59 Å². The molecule has 0 aliphatic rings. The summed E-state index contributed by atoms with van der Waals surface area (Å²) in [5, 5.41) is 3.81. The Hall–Kier alpha value is -1.69. The van der Waals surface area contributed by atoms with Crippen LogP contribution < -0.4 is 5.32 Å². The summed E-state index contributed by atoms with van der Waals surface area (Å²) in [7, 11) is 1.56. The minimum Gasteiger partial charge on any atom is -0.357 e. The van der Waals surface area contributed by atoms with Crippen molar-refractivity contribution in [3.63, 3.8) is 0 Å². The van der Waals surface area contributed by atoms with Crippen LogP contribution in [0, 0.1) is 0 Å². The molecule has 0 aliphatic carbocycles. The summed E-state index contributed by atoms with van der Waals surface area (Å²) in [6.07, 6.45) is 0. The van der Waals surface area contributed by atoms with Gasteiger partial charge in [-0.15, -0.1) is 11.8 Å². The van der Waals surface area contributed by atoms with Crippen LogP contribution in [-0.4, -0.2) is 35.6 Å². The van der Waals surface area contributed by atoms with Crippen LogP contribution in [0.25, 0.3) is 0 Å². The fourth-order valence-corrected chi connectivity index (χ4v) is 3.47. The Morgan fingerprint density at radius 2 is 1.77 bits per heavy atom. The van der Waals surface area contributed by atoms with Gasteiger partial charge in [-0.1, -0.05) is 41.4 Å². The summed E-state index contributed by atoms with van der Waals surface area (Å²) in [6.45, 7) is 1.98. The average Bonchev–Trinajstić information content (AvgIpc) is 2.65. The summed E-state index contributed by atoms with van der Waals surface area (Å²) in [6, 6.07) is 14.0. The number of hydrogen-bond acceptors (Lipinski definition) is 3. The highest BCUT2D eigenvalue weighted by atomic mass is 35.5. The Labute approximate surface area is 167 Å². The number of carbonyl (C=O) groups is 2. The van der Waals surface area contributed by atoms with Crippen molar-refractivity contribution < 1.29 is 9.59 Å². The van der Waals surface area contributed by atoms with E-state index in [1.54, 1.807) is 37.1 Å². The van der Waals surface area contributed by atoms with Crippen molar-refractivity contribution in [2.75, 3.05) is 12.8 Å². The summed E-state index contributed by atoms with van der Waals surface area (Å²) >= 11 is 13.5. The molecule has 2 rings (SSSR count). The molecule has 0 heterocycles. The van der Waals surface area contributed by atoms with Crippen LogP contribution in [0.3, 0.4) is 0 Å². The normalized spacial score (nSPS) is 11.7. The minimum atomic E-state index is -0.602. The molecular weight excluding hydrogens is 391 g/mol. The molecule has 0 saturated heterocycles. The Morgan fingerprint density at radius 1 is 1.12 bits per heavy atom. The van der Waals surface area contributed by atoms with Crippen molar-refractivity contribution in [1.29, 1.82) is 0 Å². The Morgan fingerprint density at radius 3 is 2.38 bits per heavy atom. The number of hydrogen-bond donors (Lipinski definition) is 1. The standard InChI is InChI=1S/C19H20Cl2N2O2S/c1-13(19(25)22-2)23(11-14-5-3-4-6-17(14)21)18(24)12-26-16-9-7-15(20)8-10-16/h3-10,13H,11-12H2,1-2H3,(H,22,25)/t13-/m0/s1. The van der Waals surface area contributed by atoms with Crippen LogP contribution in [-0.2, 0) is 16.1 Å². The van der Waals surface area contributed by atoms with E-state index in [-0.39, 0.29) is 24.1 Å². The van der Waals surface area contributed by atoms with Gasteiger partial charge in [0, 0.05) is 28.5 Å². The third-order valence-corrected chi connectivity index (χ3v) is 5.51. The highest BCUT2D eigenvalue weighted by molar-refractivity contribution is 8.00. The fraction of sp³-hybridized carbons (Fsp3) is 0.263. The quantitative estimate of drug-likeness (QED) is 0.693. The summed E-state index contributed by atoms with van der Waals surface area (Å²) in [5.74, 6) is -0.143. The summed E-state index contributed by atoms with van der Waals surface area (Å²) < 4.78 is 0. The molecule has 26 heavy (non-hydrogen) atoms. The lowest BCUT2D eigenvalue weighted by Gasteiger charge is -2.28. The third-order valence-electron chi connectivity index (χ3n) is 3.89. The van der Waals surface area contributed by atoms with E-state index in [2.05, 4.69) is 5.32 Å². The molecule has 0 saturated carbocycles. The molecule has 0 unspecified atom stereocenters. The molecule has 2 aromatic carbocycles. The van der Waals surface area contributed by atoms with Gasteiger partial charge in [0.25, 0.3) is 0 Å². The maximum atomic E-state index is 12.8. The maximum absolute atomic E-state index is 12.8. The van der Waals surface area contributed by atoms with Crippen LogP contribution >= 0.6 is 35.0 Å². The number of thioether (sulfide) groups is 1. The highest BCUT2D eigenvalue weighted by Gasteiger charge is 2.26. The lowest BCUT2D eigenvalue weighted by molar-refractivity contribution is -0.138. The molecule has 0 radical (unpaired) electrons. The number of amides is 2. The molecular formula is C19H20Cl2N2O2S. The van der Waals surface area contributed by atoms with E-state index >= 15 is 0 Å². The molecule has 0 spiro atoms. The van der Waals surface area contributed by atoms with Gasteiger partial charge in [0.2, 0.25) is 11.8 Å². The highest BCUT2D eigenvalue weighted by Crippen LogP contribution is 2.23. The maximum Gasteiger partial charge on any atom is 0.242 e. The van der Waals surface area contributed by atoms with E-state index in [1.165, 1.54) is 11.8 Å². The van der Waals surface area contributed by atoms with Crippen LogP contribution in [0.4, 0.5) is 0 Å². The molecule has 7 heteroatoms. The smallest absolute Gasteiger partial charge is 0.242 e. The Kier molecular flexibility index (Phi) is 7.82. The number of nitrogens with one attached hydrogen (secondary N) is 1. The lowest BCUT2D eigenvalue weighted by Crippen LogP contribution is -2.47. The molecule has 138 valence electrons. The van der Waals surface area contributed by atoms with E-state index < -0.39 is 6.04 Å². The SMILES string of the molecule is CNC(=O)[C@H](C)N(Cc1ccccc1Cl)C(=O)CSc1ccc(Cl)cc1. The zero-order valence-electron chi connectivity index (χ0n) is 14.5. The van der Waals surface area contributed by atoms with Crippen LogP contribution in [0.1, 0.15) is 12.5 Å². The van der Waals surface area contributed by atoms with Gasteiger partial charge in [0.05, 0.1) is 5.75 Å². The second kappa shape index (κ2) is 9.86. The second-order valence-corrected chi connectivity index (χ2v) is 7.54. The molecule has 0 fully saturated rings. The predicted octanol–water partition coefficient (Wildman–Crippen LogP) is 4.25. The van der Waals surface area contributed by atoms with E-state index in [4.69, 9.17) is 23.2 Å². The van der Waals surface area contributed by atoms with Crippen LogP contribution in [0.2, 0.25) is 10.0 Å². The van der Waals surface area contributed by atoms with Gasteiger partial charge >= 0.3 is 0 Å². The first-order chi connectivity index (χ1) is 12.4. The lowest BCUT2D eigenvalue weighted by atomic mass is 10.1. The molecule has 0 aromatic heterocycles. The van der Waals surface area contributed by atoms with Crippen molar-refractivity contribution in [2.24, 2.45) is 0 Å². The first-order valence-corrected chi connectivity index (χ1v) is 9.79. The third kappa shape index (κ3) is 5.66. The van der Waals surface area contributed by atoms with Crippen LogP contribution in [0.15, 0.2) is 53.4 Å². The summed E-state index contributed by atoms with van der Waals surface area (Å²) in [5.41, 5.74) is 0.801. The molecule has 1 atom stereocenters. The largest absolute Gasteiger partial charge is 0.357 e. The molecule has 0 bridgehead atoms. The zero-order valence-corrected chi connectivity index (χ0v) is 16.9. The second-order valence-electron chi connectivity index (χ2n) is 5.65. The van der Waals surface area contributed by atoms with E-state index in [1.807, 2.05) is 30.3 Å². The summed E-state index contributed by atoms with van der Waals surface area (Å²) in [4.78, 5) is 27.4. The van der Waals surface area contributed by atoms with E-state index in [0.29, 0.717) is 10.0 Å². The molecule has 0 aliphatic heterocycles. The fourth-order valence-electron chi connectivity index (χ4n) is 2.36. The Bertz CT molecular complexity index is 768. The van der Waals surface area contributed by atoms with Gasteiger partial charge in [0.15, 0.2) is 0 Å². The minimum absolute atomic E-state index is 0.138. The average molecular weight is 411 g/mol. The Balaban J connectivity index is 2.13. The van der Waals surface area contributed by atoms with Gasteiger partial charge < -0.3 is 10.2 Å². The van der Waals surface area contributed by atoms with Crippen molar-refractivity contribution in [3.05, 3.63) is 64.1 Å². The van der Waals surface area contributed by atoms with Crippen molar-refractivity contribution in [1.82, 2.24) is 10.2 Å².